The quantitative estimate of drug-likeness (QED) is 0.684. The molecule has 0 radical (unpaired) electrons. The van der Waals surface area contributed by atoms with Crippen molar-refractivity contribution in [2.45, 2.75) is 13.3 Å². The van der Waals surface area contributed by atoms with E-state index < -0.39 is 5.82 Å². The molecular weight excluding hydrogens is 296 g/mol. The largest absolute Gasteiger partial charge is 0.330 e. The number of carbonyl (C=O) groups is 1. The summed E-state index contributed by atoms with van der Waals surface area (Å²) >= 11 is 8.81. The van der Waals surface area contributed by atoms with Gasteiger partial charge in [-0.15, -0.1) is 0 Å². The molecular formula is C11H12BrClFNO. The molecule has 0 aliphatic rings. The number of hydrogen-bond donors (Lipinski definition) is 1. The molecule has 0 bridgehead atoms. The van der Waals surface area contributed by atoms with Crippen molar-refractivity contribution in [2.24, 2.45) is 11.7 Å². The van der Waals surface area contributed by atoms with Crippen LogP contribution in [0.15, 0.2) is 16.6 Å². The van der Waals surface area contributed by atoms with Gasteiger partial charge in [0, 0.05) is 16.9 Å². The molecule has 0 saturated carbocycles. The Kier molecular flexibility index (Phi) is 4.89. The fraction of sp³-hybridized carbons (Fsp3) is 0.364. The van der Waals surface area contributed by atoms with E-state index in [0.29, 0.717) is 10.9 Å². The number of rotatable bonds is 4. The number of benzene rings is 1. The van der Waals surface area contributed by atoms with E-state index in [2.05, 4.69) is 15.9 Å². The van der Waals surface area contributed by atoms with Gasteiger partial charge in [0.15, 0.2) is 11.6 Å². The lowest BCUT2D eigenvalue weighted by atomic mass is 9.95. The summed E-state index contributed by atoms with van der Waals surface area (Å²) in [6.07, 6.45) is 0.586. The number of Topliss-reactive ketones (excluding diaryl/α,β-unsaturated/α-hetero) is 1. The zero-order valence-corrected chi connectivity index (χ0v) is 11.1. The predicted molar refractivity (Wildman–Crippen MR) is 66.3 cm³/mol. The molecule has 88 valence electrons. The number of ketones is 1. The van der Waals surface area contributed by atoms with Gasteiger partial charge in [-0.1, -0.05) is 18.5 Å². The normalized spacial score (nSPS) is 12.6. The predicted octanol–water partition coefficient (Wildman–Crippen LogP) is 3.41. The van der Waals surface area contributed by atoms with Gasteiger partial charge in [-0.2, -0.15) is 0 Å². The summed E-state index contributed by atoms with van der Waals surface area (Å²) in [6.45, 7) is 2.05. The van der Waals surface area contributed by atoms with E-state index in [1.54, 1.807) is 6.07 Å². The maximum Gasteiger partial charge on any atom is 0.170 e. The Morgan fingerprint density at radius 1 is 1.62 bits per heavy atom. The molecule has 0 spiro atoms. The zero-order valence-electron chi connectivity index (χ0n) is 8.77. The Balaban J connectivity index is 3.14. The summed E-state index contributed by atoms with van der Waals surface area (Å²) in [5, 5.41) is -0.0716. The minimum absolute atomic E-state index is 0.00509. The van der Waals surface area contributed by atoms with Crippen LogP contribution in [-0.2, 0) is 0 Å². The fourth-order valence-corrected chi connectivity index (χ4v) is 1.87. The third-order valence-corrected chi connectivity index (χ3v) is 3.71. The summed E-state index contributed by atoms with van der Waals surface area (Å²) in [5.41, 5.74) is 5.46. The molecule has 0 saturated heterocycles. The first-order chi connectivity index (χ1) is 7.52. The molecule has 5 heteroatoms. The van der Waals surface area contributed by atoms with Gasteiger partial charge in [0.1, 0.15) is 0 Å². The molecule has 1 unspecified atom stereocenters. The van der Waals surface area contributed by atoms with Gasteiger partial charge in [0.2, 0.25) is 0 Å². The number of carbonyl (C=O) groups excluding carboxylic acids is 1. The standard InChI is InChI=1S/C11H12BrClFNO/c1-2-6(5-15)11(16)7-3-4-8(12)9(13)10(7)14/h3-4,6H,2,5,15H2,1H3. The third kappa shape index (κ3) is 2.62. The SMILES string of the molecule is CCC(CN)C(=O)c1ccc(Br)c(Cl)c1F. The molecule has 0 fully saturated rings. The van der Waals surface area contributed by atoms with Crippen LogP contribution in [0.4, 0.5) is 4.39 Å². The van der Waals surface area contributed by atoms with E-state index in [1.165, 1.54) is 6.07 Å². The first kappa shape index (κ1) is 13.6. The lowest BCUT2D eigenvalue weighted by molar-refractivity contribution is 0.0917. The van der Waals surface area contributed by atoms with Crippen LogP contribution < -0.4 is 5.73 Å². The number of halogens is 3. The van der Waals surface area contributed by atoms with Crippen molar-refractivity contribution in [2.75, 3.05) is 6.54 Å². The van der Waals surface area contributed by atoms with Crippen molar-refractivity contribution in [3.8, 4) is 0 Å². The van der Waals surface area contributed by atoms with Gasteiger partial charge in [0.25, 0.3) is 0 Å². The van der Waals surface area contributed by atoms with Crippen LogP contribution in [0.1, 0.15) is 23.7 Å². The molecule has 0 heterocycles. The van der Waals surface area contributed by atoms with E-state index in [9.17, 15) is 9.18 Å². The van der Waals surface area contributed by atoms with Crippen LogP contribution in [0.25, 0.3) is 0 Å². The second-order valence-electron chi connectivity index (χ2n) is 3.43. The number of hydrogen-bond acceptors (Lipinski definition) is 2. The van der Waals surface area contributed by atoms with Crippen molar-refractivity contribution in [3.05, 3.63) is 33.0 Å². The molecule has 2 N–H and O–H groups in total. The van der Waals surface area contributed by atoms with Crippen LogP contribution in [0.2, 0.25) is 5.02 Å². The van der Waals surface area contributed by atoms with E-state index in [0.717, 1.165) is 0 Å². The fourth-order valence-electron chi connectivity index (χ4n) is 1.40. The molecule has 1 aromatic rings. The first-order valence-corrected chi connectivity index (χ1v) is 6.07. The Hall–Kier alpha value is -0.450. The number of nitrogens with two attached hydrogens (primary N) is 1. The third-order valence-electron chi connectivity index (χ3n) is 2.45. The minimum Gasteiger partial charge on any atom is -0.330 e. The highest BCUT2D eigenvalue weighted by Gasteiger charge is 2.22. The Bertz CT molecular complexity index is 407. The van der Waals surface area contributed by atoms with Gasteiger partial charge in [-0.05, 0) is 34.5 Å². The molecule has 1 aromatic carbocycles. The van der Waals surface area contributed by atoms with Crippen LogP contribution in [0, 0.1) is 11.7 Å². The van der Waals surface area contributed by atoms with Gasteiger partial charge < -0.3 is 5.73 Å². The van der Waals surface area contributed by atoms with E-state index in [4.69, 9.17) is 17.3 Å². The van der Waals surface area contributed by atoms with Crippen LogP contribution in [0.3, 0.4) is 0 Å². The van der Waals surface area contributed by atoms with E-state index in [-0.39, 0.29) is 28.8 Å². The second-order valence-corrected chi connectivity index (χ2v) is 4.66. The lowest BCUT2D eigenvalue weighted by Gasteiger charge is -2.12. The second kappa shape index (κ2) is 5.75. The van der Waals surface area contributed by atoms with Gasteiger partial charge in [-0.3, -0.25) is 4.79 Å². The van der Waals surface area contributed by atoms with Crippen molar-refractivity contribution in [1.82, 2.24) is 0 Å². The Morgan fingerprint density at radius 2 is 2.25 bits per heavy atom. The van der Waals surface area contributed by atoms with Crippen molar-refractivity contribution in [1.29, 1.82) is 0 Å². The monoisotopic (exact) mass is 307 g/mol. The van der Waals surface area contributed by atoms with Crippen molar-refractivity contribution in [3.63, 3.8) is 0 Å². The highest BCUT2D eigenvalue weighted by Crippen LogP contribution is 2.28. The maximum atomic E-state index is 13.7. The highest BCUT2D eigenvalue weighted by atomic mass is 79.9. The summed E-state index contributed by atoms with van der Waals surface area (Å²) in [6, 6.07) is 2.98. The molecule has 0 aliphatic carbocycles. The van der Waals surface area contributed by atoms with E-state index >= 15 is 0 Å². The molecule has 1 atom stereocenters. The minimum atomic E-state index is -0.687. The van der Waals surface area contributed by atoms with Crippen LogP contribution in [0.5, 0.6) is 0 Å². The first-order valence-electron chi connectivity index (χ1n) is 4.90. The summed E-state index contributed by atoms with van der Waals surface area (Å²) in [7, 11) is 0. The van der Waals surface area contributed by atoms with Gasteiger partial charge in [0.05, 0.1) is 10.6 Å². The highest BCUT2D eigenvalue weighted by molar-refractivity contribution is 9.10. The molecule has 1 rings (SSSR count). The average Bonchev–Trinajstić information content (AvgIpc) is 2.27. The van der Waals surface area contributed by atoms with Crippen LogP contribution in [-0.4, -0.2) is 12.3 Å². The Morgan fingerprint density at radius 3 is 2.75 bits per heavy atom. The van der Waals surface area contributed by atoms with Gasteiger partial charge >= 0.3 is 0 Å². The zero-order chi connectivity index (χ0) is 12.3. The Labute approximate surface area is 107 Å². The molecule has 0 aromatic heterocycles. The molecule has 0 amide bonds. The average molecular weight is 309 g/mol. The summed E-state index contributed by atoms with van der Waals surface area (Å²) in [4.78, 5) is 11.9. The van der Waals surface area contributed by atoms with Crippen molar-refractivity contribution < 1.29 is 9.18 Å². The smallest absolute Gasteiger partial charge is 0.170 e. The summed E-state index contributed by atoms with van der Waals surface area (Å²) in [5.74, 6) is -1.34. The lowest BCUT2D eigenvalue weighted by Crippen LogP contribution is -2.24. The molecule has 0 aliphatic heterocycles. The topological polar surface area (TPSA) is 43.1 Å². The molecule has 16 heavy (non-hydrogen) atoms. The van der Waals surface area contributed by atoms with E-state index in [1.807, 2.05) is 6.92 Å². The van der Waals surface area contributed by atoms with Gasteiger partial charge in [-0.25, -0.2) is 4.39 Å². The summed E-state index contributed by atoms with van der Waals surface area (Å²) < 4.78 is 14.2. The van der Waals surface area contributed by atoms with Crippen LogP contribution >= 0.6 is 27.5 Å². The van der Waals surface area contributed by atoms with Crippen molar-refractivity contribution >= 4 is 33.3 Å². The maximum absolute atomic E-state index is 13.7. The molecule has 2 nitrogen and oxygen atoms in total.